The molecular weight excluding hydrogens is 218 g/mol. The van der Waals surface area contributed by atoms with Gasteiger partial charge in [-0.2, -0.15) is 0 Å². The molecule has 0 aliphatic heterocycles. The largest absolute Gasteiger partial charge is 0.231 e. The molecule has 2 rings (SSSR count). The van der Waals surface area contributed by atoms with E-state index in [-0.39, 0.29) is 4.95 Å². The third-order valence-corrected chi connectivity index (χ3v) is 2.10. The predicted octanol–water partition coefficient (Wildman–Crippen LogP) is 2.34. The first-order valence-corrected chi connectivity index (χ1v) is 4.64. The van der Waals surface area contributed by atoms with Crippen molar-refractivity contribution < 1.29 is 0 Å². The van der Waals surface area contributed by atoms with Crippen molar-refractivity contribution in [2.75, 3.05) is 0 Å². The third-order valence-electron chi connectivity index (χ3n) is 1.71. The van der Waals surface area contributed by atoms with Gasteiger partial charge in [0.15, 0.2) is 0 Å². The summed E-state index contributed by atoms with van der Waals surface area (Å²) >= 11 is 3.44. The molecule has 0 spiro atoms. The molecule has 1 aromatic carbocycles. The van der Waals surface area contributed by atoms with E-state index >= 15 is 0 Å². The molecule has 1 atom stereocenters. The SMILES string of the molecule is CC(Br)n1nnc2ccccc21. The Morgan fingerprint density at radius 1 is 1.42 bits per heavy atom. The number of nitrogens with zero attached hydrogens (tertiary/aromatic N) is 3. The van der Waals surface area contributed by atoms with Gasteiger partial charge in [-0.1, -0.05) is 33.3 Å². The van der Waals surface area contributed by atoms with Crippen LogP contribution in [0.1, 0.15) is 11.9 Å². The summed E-state index contributed by atoms with van der Waals surface area (Å²) in [6.45, 7) is 2.02. The molecule has 3 nitrogen and oxygen atoms in total. The Labute approximate surface area is 78.5 Å². The number of rotatable bonds is 1. The summed E-state index contributed by atoms with van der Waals surface area (Å²) < 4.78 is 1.84. The van der Waals surface area contributed by atoms with Gasteiger partial charge in [-0.3, -0.25) is 0 Å². The van der Waals surface area contributed by atoms with Gasteiger partial charge in [-0.05, 0) is 19.1 Å². The van der Waals surface area contributed by atoms with Crippen molar-refractivity contribution in [3.63, 3.8) is 0 Å². The van der Waals surface area contributed by atoms with Crippen molar-refractivity contribution in [3.05, 3.63) is 24.3 Å². The first-order valence-electron chi connectivity index (χ1n) is 3.73. The van der Waals surface area contributed by atoms with Crippen molar-refractivity contribution in [2.24, 2.45) is 0 Å². The topological polar surface area (TPSA) is 30.7 Å². The molecule has 0 aliphatic carbocycles. The van der Waals surface area contributed by atoms with Crippen LogP contribution in [-0.4, -0.2) is 15.0 Å². The lowest BCUT2D eigenvalue weighted by Gasteiger charge is -2.02. The molecule has 1 unspecified atom stereocenters. The second-order valence-electron chi connectivity index (χ2n) is 2.60. The summed E-state index contributed by atoms with van der Waals surface area (Å²) in [5, 5.41) is 8.04. The van der Waals surface area contributed by atoms with Gasteiger partial charge in [-0.15, -0.1) is 5.10 Å². The first-order chi connectivity index (χ1) is 5.79. The standard InChI is InChI=1S/C8H8BrN3/c1-6(9)12-8-5-3-2-4-7(8)10-11-12/h2-6H,1H3. The summed E-state index contributed by atoms with van der Waals surface area (Å²) in [6.07, 6.45) is 0. The Kier molecular flexibility index (Phi) is 1.84. The van der Waals surface area contributed by atoms with Crippen LogP contribution in [0.25, 0.3) is 11.0 Å². The summed E-state index contributed by atoms with van der Waals surface area (Å²) in [7, 11) is 0. The van der Waals surface area contributed by atoms with Gasteiger partial charge in [0.05, 0.1) is 5.52 Å². The third kappa shape index (κ3) is 1.12. The molecule has 0 radical (unpaired) electrons. The number of fused-ring (bicyclic) bond motifs is 1. The quantitative estimate of drug-likeness (QED) is 0.698. The Balaban J connectivity index is 2.70. The molecule has 12 heavy (non-hydrogen) atoms. The van der Waals surface area contributed by atoms with Gasteiger partial charge in [0.1, 0.15) is 10.5 Å². The molecule has 0 saturated heterocycles. The van der Waals surface area contributed by atoms with E-state index in [1.165, 1.54) is 0 Å². The lowest BCUT2D eigenvalue weighted by molar-refractivity contribution is 0.640. The number of hydrogen-bond acceptors (Lipinski definition) is 2. The van der Waals surface area contributed by atoms with Crippen molar-refractivity contribution in [2.45, 2.75) is 11.9 Å². The molecular formula is C8H8BrN3. The maximum atomic E-state index is 4.02. The van der Waals surface area contributed by atoms with E-state index in [4.69, 9.17) is 0 Å². The second kappa shape index (κ2) is 2.86. The van der Waals surface area contributed by atoms with E-state index in [0.717, 1.165) is 11.0 Å². The zero-order valence-corrected chi connectivity index (χ0v) is 8.19. The highest BCUT2D eigenvalue weighted by molar-refractivity contribution is 9.09. The Hall–Kier alpha value is -0.900. The Morgan fingerprint density at radius 2 is 2.17 bits per heavy atom. The second-order valence-corrected chi connectivity index (χ2v) is 3.92. The predicted molar refractivity (Wildman–Crippen MR) is 51.2 cm³/mol. The van der Waals surface area contributed by atoms with Crippen LogP contribution in [0.4, 0.5) is 0 Å². The number of alkyl halides is 1. The number of para-hydroxylation sites is 1. The number of benzene rings is 1. The van der Waals surface area contributed by atoms with E-state index in [9.17, 15) is 0 Å². The fourth-order valence-electron chi connectivity index (χ4n) is 1.15. The van der Waals surface area contributed by atoms with E-state index in [0.29, 0.717) is 0 Å². The molecule has 0 bridgehead atoms. The number of aromatic nitrogens is 3. The lowest BCUT2D eigenvalue weighted by atomic mass is 10.3. The fraction of sp³-hybridized carbons (Fsp3) is 0.250. The molecule has 4 heteroatoms. The summed E-state index contributed by atoms with van der Waals surface area (Å²) in [6, 6.07) is 7.90. The molecule has 1 aromatic heterocycles. The highest BCUT2D eigenvalue weighted by Gasteiger charge is 2.05. The summed E-state index contributed by atoms with van der Waals surface area (Å²) in [5.74, 6) is 0. The molecule has 2 aromatic rings. The average Bonchev–Trinajstić information content (AvgIpc) is 2.47. The van der Waals surface area contributed by atoms with Crippen LogP contribution >= 0.6 is 15.9 Å². The zero-order valence-electron chi connectivity index (χ0n) is 6.61. The van der Waals surface area contributed by atoms with Crippen LogP contribution in [0.5, 0.6) is 0 Å². The normalized spacial score (nSPS) is 13.5. The van der Waals surface area contributed by atoms with Gasteiger partial charge in [-0.25, -0.2) is 4.68 Å². The minimum Gasteiger partial charge on any atom is -0.231 e. The zero-order chi connectivity index (χ0) is 8.55. The molecule has 0 N–H and O–H groups in total. The van der Waals surface area contributed by atoms with Gasteiger partial charge < -0.3 is 0 Å². The van der Waals surface area contributed by atoms with E-state index in [2.05, 4.69) is 26.2 Å². The minimum atomic E-state index is 0.185. The number of hydrogen-bond donors (Lipinski definition) is 0. The fourth-order valence-corrected chi connectivity index (χ4v) is 1.45. The van der Waals surface area contributed by atoms with Crippen molar-refractivity contribution in [3.8, 4) is 0 Å². The number of halogens is 1. The van der Waals surface area contributed by atoms with Gasteiger partial charge >= 0.3 is 0 Å². The Bertz CT molecular complexity index is 394. The van der Waals surface area contributed by atoms with E-state index in [1.807, 2.05) is 35.9 Å². The van der Waals surface area contributed by atoms with Gasteiger partial charge in [0.2, 0.25) is 0 Å². The van der Waals surface area contributed by atoms with Crippen LogP contribution in [0.3, 0.4) is 0 Å². The van der Waals surface area contributed by atoms with Crippen LogP contribution in [0, 0.1) is 0 Å². The van der Waals surface area contributed by atoms with Crippen LogP contribution in [0.2, 0.25) is 0 Å². The molecule has 62 valence electrons. The maximum Gasteiger partial charge on any atom is 0.113 e. The summed E-state index contributed by atoms with van der Waals surface area (Å²) in [5.41, 5.74) is 1.99. The first kappa shape index (κ1) is 7.73. The monoisotopic (exact) mass is 225 g/mol. The highest BCUT2D eigenvalue weighted by Crippen LogP contribution is 2.18. The molecule has 0 fully saturated rings. The Morgan fingerprint density at radius 3 is 2.92 bits per heavy atom. The lowest BCUT2D eigenvalue weighted by Crippen LogP contribution is -1.99. The molecule has 0 saturated carbocycles. The van der Waals surface area contributed by atoms with Crippen molar-refractivity contribution in [1.29, 1.82) is 0 Å². The molecule has 0 aliphatic rings. The van der Waals surface area contributed by atoms with Crippen LogP contribution < -0.4 is 0 Å². The maximum absolute atomic E-state index is 4.02. The van der Waals surface area contributed by atoms with Crippen LogP contribution in [0.15, 0.2) is 24.3 Å². The summed E-state index contributed by atoms with van der Waals surface area (Å²) in [4.78, 5) is 0.185. The van der Waals surface area contributed by atoms with E-state index in [1.54, 1.807) is 0 Å². The van der Waals surface area contributed by atoms with Crippen molar-refractivity contribution in [1.82, 2.24) is 15.0 Å². The average molecular weight is 226 g/mol. The smallest absolute Gasteiger partial charge is 0.113 e. The van der Waals surface area contributed by atoms with Gasteiger partial charge in [0, 0.05) is 0 Å². The van der Waals surface area contributed by atoms with E-state index < -0.39 is 0 Å². The molecule has 1 heterocycles. The minimum absolute atomic E-state index is 0.185. The molecule has 0 amide bonds. The van der Waals surface area contributed by atoms with Crippen LogP contribution in [-0.2, 0) is 0 Å². The van der Waals surface area contributed by atoms with Gasteiger partial charge in [0.25, 0.3) is 0 Å². The highest BCUT2D eigenvalue weighted by atomic mass is 79.9. The van der Waals surface area contributed by atoms with Crippen molar-refractivity contribution >= 4 is 27.0 Å².